The summed E-state index contributed by atoms with van der Waals surface area (Å²) in [4.78, 5) is 12.7. The molecule has 0 bridgehead atoms. The molecule has 1 heterocycles. The predicted octanol–water partition coefficient (Wildman–Crippen LogP) is 3.48. The molecule has 0 aliphatic carbocycles. The topological polar surface area (TPSA) is 46.4 Å². The van der Waals surface area contributed by atoms with E-state index in [0.29, 0.717) is 5.92 Å². The van der Waals surface area contributed by atoms with E-state index in [4.69, 9.17) is 11.6 Å². The number of nitro benzene ring substituents is 1. The maximum atomic E-state index is 10.8. The second-order valence-electron chi connectivity index (χ2n) is 5.03. The van der Waals surface area contributed by atoms with Crippen LogP contribution in [0.25, 0.3) is 0 Å². The van der Waals surface area contributed by atoms with Gasteiger partial charge in [0.15, 0.2) is 0 Å². The Morgan fingerprint density at radius 3 is 3.00 bits per heavy atom. The lowest BCUT2D eigenvalue weighted by atomic mass is 10.00. The van der Waals surface area contributed by atoms with Crippen LogP contribution in [0.1, 0.15) is 25.3 Å². The van der Waals surface area contributed by atoms with E-state index in [-0.39, 0.29) is 10.7 Å². The lowest BCUT2D eigenvalue weighted by molar-refractivity contribution is -0.384. The Hall–Kier alpha value is -1.13. The third-order valence-electron chi connectivity index (χ3n) is 3.35. The summed E-state index contributed by atoms with van der Waals surface area (Å²) in [6, 6.07) is 5.07. The van der Waals surface area contributed by atoms with Crippen molar-refractivity contribution in [3.05, 3.63) is 38.9 Å². The number of rotatable bonds is 3. The van der Waals surface area contributed by atoms with E-state index < -0.39 is 4.92 Å². The summed E-state index contributed by atoms with van der Waals surface area (Å²) in [5.41, 5.74) is 0.958. The molecule has 1 aromatic rings. The van der Waals surface area contributed by atoms with Crippen LogP contribution in [0.3, 0.4) is 0 Å². The van der Waals surface area contributed by atoms with E-state index in [1.54, 1.807) is 12.1 Å². The first-order valence-electron chi connectivity index (χ1n) is 6.21. The third kappa shape index (κ3) is 3.21. The van der Waals surface area contributed by atoms with Gasteiger partial charge in [-0.25, -0.2) is 0 Å². The molecule has 1 aliphatic heterocycles. The molecule has 0 amide bonds. The maximum absolute atomic E-state index is 10.8. The first-order chi connectivity index (χ1) is 8.56. The van der Waals surface area contributed by atoms with Crippen LogP contribution in [0.15, 0.2) is 18.2 Å². The van der Waals surface area contributed by atoms with Crippen molar-refractivity contribution in [3.8, 4) is 0 Å². The zero-order chi connectivity index (χ0) is 13.1. The highest BCUT2D eigenvalue weighted by molar-refractivity contribution is 6.32. The highest BCUT2D eigenvalue weighted by Gasteiger charge is 2.18. The van der Waals surface area contributed by atoms with E-state index in [1.807, 2.05) is 6.07 Å². The van der Waals surface area contributed by atoms with E-state index in [9.17, 15) is 10.1 Å². The van der Waals surface area contributed by atoms with Crippen LogP contribution in [0, 0.1) is 16.0 Å². The van der Waals surface area contributed by atoms with E-state index in [2.05, 4.69) is 11.8 Å². The normalized spacial score (nSPS) is 20.9. The van der Waals surface area contributed by atoms with Crippen LogP contribution in [-0.4, -0.2) is 22.9 Å². The predicted molar refractivity (Wildman–Crippen MR) is 71.8 cm³/mol. The minimum Gasteiger partial charge on any atom is -0.299 e. The maximum Gasteiger partial charge on any atom is 0.288 e. The first kappa shape index (κ1) is 13.3. The van der Waals surface area contributed by atoms with Crippen molar-refractivity contribution in [3.63, 3.8) is 0 Å². The number of nitro groups is 1. The van der Waals surface area contributed by atoms with Crippen LogP contribution in [0.4, 0.5) is 5.69 Å². The largest absolute Gasteiger partial charge is 0.299 e. The molecule has 1 atom stereocenters. The lowest BCUT2D eigenvalue weighted by Crippen LogP contribution is -2.33. The number of hydrogen-bond donors (Lipinski definition) is 0. The standard InChI is InChI=1S/C13H17ClN2O2/c1-10-3-2-6-15(8-10)9-11-4-5-12(14)13(7-11)16(17)18/h4-5,7,10H,2-3,6,8-9H2,1H3. The highest BCUT2D eigenvalue weighted by atomic mass is 35.5. The molecule has 4 nitrogen and oxygen atoms in total. The summed E-state index contributed by atoms with van der Waals surface area (Å²) >= 11 is 5.80. The molecule has 1 saturated heterocycles. The summed E-state index contributed by atoms with van der Waals surface area (Å²) in [6.45, 7) is 5.15. The van der Waals surface area contributed by atoms with Gasteiger partial charge in [0.2, 0.25) is 0 Å². The molecule has 2 rings (SSSR count). The van der Waals surface area contributed by atoms with Crippen molar-refractivity contribution in [2.75, 3.05) is 13.1 Å². The number of likely N-dealkylation sites (tertiary alicyclic amines) is 1. The summed E-state index contributed by atoms with van der Waals surface area (Å²) in [5.74, 6) is 0.709. The molecule has 0 saturated carbocycles. The van der Waals surface area contributed by atoms with Crippen molar-refractivity contribution in [2.45, 2.75) is 26.3 Å². The number of benzene rings is 1. The molecule has 1 aromatic carbocycles. The molecule has 5 heteroatoms. The highest BCUT2D eigenvalue weighted by Crippen LogP contribution is 2.26. The molecule has 0 aromatic heterocycles. The first-order valence-corrected chi connectivity index (χ1v) is 6.59. The summed E-state index contributed by atoms with van der Waals surface area (Å²) in [7, 11) is 0. The molecule has 98 valence electrons. The Morgan fingerprint density at radius 2 is 2.33 bits per heavy atom. The molecule has 0 N–H and O–H groups in total. The van der Waals surface area contributed by atoms with Crippen LogP contribution >= 0.6 is 11.6 Å². The van der Waals surface area contributed by atoms with Crippen molar-refractivity contribution in [1.29, 1.82) is 0 Å². The van der Waals surface area contributed by atoms with Crippen LogP contribution in [0.5, 0.6) is 0 Å². The SMILES string of the molecule is CC1CCCN(Cc2ccc(Cl)c([N+](=O)[O-])c2)C1. The summed E-state index contributed by atoms with van der Waals surface area (Å²) < 4.78 is 0. The van der Waals surface area contributed by atoms with Gasteiger partial charge in [0.05, 0.1) is 4.92 Å². The van der Waals surface area contributed by atoms with Crippen LogP contribution in [-0.2, 0) is 6.54 Å². The Balaban J connectivity index is 2.09. The molecule has 0 radical (unpaired) electrons. The molecule has 1 aliphatic rings. The van der Waals surface area contributed by atoms with Gasteiger partial charge < -0.3 is 0 Å². The quantitative estimate of drug-likeness (QED) is 0.623. The van der Waals surface area contributed by atoms with Gasteiger partial charge in [0, 0.05) is 19.2 Å². The molecule has 0 spiro atoms. The molecule has 1 unspecified atom stereocenters. The fraction of sp³-hybridized carbons (Fsp3) is 0.538. The Labute approximate surface area is 112 Å². The minimum absolute atomic E-state index is 0.000718. The lowest BCUT2D eigenvalue weighted by Gasteiger charge is -2.30. The summed E-state index contributed by atoms with van der Waals surface area (Å²) in [6.07, 6.45) is 2.48. The van der Waals surface area contributed by atoms with Crippen LogP contribution < -0.4 is 0 Å². The second-order valence-corrected chi connectivity index (χ2v) is 5.43. The number of halogens is 1. The van der Waals surface area contributed by atoms with E-state index in [0.717, 1.165) is 25.2 Å². The zero-order valence-corrected chi connectivity index (χ0v) is 11.2. The Bertz CT molecular complexity index is 451. The number of nitrogens with zero attached hydrogens (tertiary/aromatic N) is 2. The van der Waals surface area contributed by atoms with Crippen molar-refractivity contribution < 1.29 is 4.92 Å². The molecular weight excluding hydrogens is 252 g/mol. The van der Waals surface area contributed by atoms with Gasteiger partial charge in [0.1, 0.15) is 5.02 Å². The van der Waals surface area contributed by atoms with E-state index >= 15 is 0 Å². The molecule has 18 heavy (non-hydrogen) atoms. The van der Waals surface area contributed by atoms with Crippen LogP contribution in [0.2, 0.25) is 5.02 Å². The average molecular weight is 269 g/mol. The molecular formula is C13H17ClN2O2. The van der Waals surface area contributed by atoms with Gasteiger partial charge in [-0.2, -0.15) is 0 Å². The number of piperidine rings is 1. The van der Waals surface area contributed by atoms with Crippen molar-refractivity contribution >= 4 is 17.3 Å². The Kier molecular flexibility index (Phi) is 4.19. The zero-order valence-electron chi connectivity index (χ0n) is 10.4. The number of hydrogen-bond acceptors (Lipinski definition) is 3. The minimum atomic E-state index is -0.426. The van der Waals surface area contributed by atoms with Gasteiger partial charge >= 0.3 is 0 Å². The average Bonchev–Trinajstić information content (AvgIpc) is 2.31. The van der Waals surface area contributed by atoms with E-state index in [1.165, 1.54) is 12.8 Å². The summed E-state index contributed by atoms with van der Waals surface area (Å²) in [5, 5.41) is 11.0. The van der Waals surface area contributed by atoms with Crippen molar-refractivity contribution in [2.24, 2.45) is 5.92 Å². The fourth-order valence-corrected chi connectivity index (χ4v) is 2.67. The second kappa shape index (κ2) is 5.67. The van der Waals surface area contributed by atoms with Gasteiger partial charge in [-0.05, 0) is 36.9 Å². The third-order valence-corrected chi connectivity index (χ3v) is 3.67. The van der Waals surface area contributed by atoms with Gasteiger partial charge in [0.25, 0.3) is 5.69 Å². The van der Waals surface area contributed by atoms with Gasteiger partial charge in [-0.1, -0.05) is 24.6 Å². The smallest absolute Gasteiger partial charge is 0.288 e. The van der Waals surface area contributed by atoms with Gasteiger partial charge in [-0.15, -0.1) is 0 Å². The Morgan fingerprint density at radius 1 is 1.56 bits per heavy atom. The fourth-order valence-electron chi connectivity index (χ4n) is 2.49. The van der Waals surface area contributed by atoms with Crippen molar-refractivity contribution in [1.82, 2.24) is 4.90 Å². The van der Waals surface area contributed by atoms with Gasteiger partial charge in [-0.3, -0.25) is 15.0 Å². The molecule has 1 fully saturated rings. The monoisotopic (exact) mass is 268 g/mol.